The van der Waals surface area contributed by atoms with E-state index < -0.39 is 0 Å². The molecule has 0 saturated heterocycles. The quantitative estimate of drug-likeness (QED) is 0.272. The number of methoxy groups -OCH3 is 1. The van der Waals surface area contributed by atoms with Gasteiger partial charge in [-0.3, -0.25) is 4.99 Å². The van der Waals surface area contributed by atoms with Crippen LogP contribution in [0.4, 0.5) is 5.69 Å². The van der Waals surface area contributed by atoms with E-state index in [0.29, 0.717) is 13.2 Å². The van der Waals surface area contributed by atoms with E-state index >= 15 is 0 Å². The predicted octanol–water partition coefficient (Wildman–Crippen LogP) is 2.64. The minimum atomic E-state index is 0. The second-order valence-electron chi connectivity index (χ2n) is 5.10. The summed E-state index contributed by atoms with van der Waals surface area (Å²) in [5.41, 5.74) is 2.56. The lowest BCUT2D eigenvalue weighted by Crippen LogP contribution is -2.41. The molecule has 0 aliphatic carbocycles. The van der Waals surface area contributed by atoms with Crippen molar-refractivity contribution in [3.05, 3.63) is 29.8 Å². The van der Waals surface area contributed by atoms with Crippen LogP contribution in [0.3, 0.4) is 0 Å². The lowest BCUT2D eigenvalue weighted by Gasteiger charge is -2.24. The predicted molar refractivity (Wildman–Crippen MR) is 110 cm³/mol. The van der Waals surface area contributed by atoms with Crippen LogP contribution < -0.4 is 15.5 Å². The van der Waals surface area contributed by atoms with Gasteiger partial charge in [-0.1, -0.05) is 12.1 Å². The van der Waals surface area contributed by atoms with Crippen molar-refractivity contribution < 1.29 is 4.74 Å². The Balaban J connectivity index is 0.00000484. The minimum Gasteiger partial charge on any atom is -0.383 e. The molecule has 2 N–H and O–H groups in total. The number of likely N-dealkylation sites (N-methyl/N-ethyl adjacent to an activating group) is 1. The summed E-state index contributed by atoms with van der Waals surface area (Å²) in [7, 11) is 1.69. The van der Waals surface area contributed by atoms with E-state index in [1.54, 1.807) is 7.11 Å². The van der Waals surface area contributed by atoms with Crippen LogP contribution in [-0.2, 0) is 4.74 Å². The number of nitrogens with one attached hydrogen (secondary N) is 2. The van der Waals surface area contributed by atoms with Crippen LogP contribution in [0.1, 0.15) is 19.4 Å². The standard InChI is InChI=1S/C17H30N4O.HI/c1-5-18-17(20-11-13-22-4)19-10-12-21(6-2)16-9-7-8-15(3)14-16;/h7-9,14H,5-6,10-13H2,1-4H3,(H2,18,19,20);1H. The molecule has 0 amide bonds. The number of benzene rings is 1. The Morgan fingerprint density at radius 1 is 1.26 bits per heavy atom. The number of aryl methyl sites for hydroxylation is 1. The molecule has 1 aromatic carbocycles. The fourth-order valence-electron chi connectivity index (χ4n) is 2.19. The smallest absolute Gasteiger partial charge is 0.191 e. The van der Waals surface area contributed by atoms with Gasteiger partial charge in [0.1, 0.15) is 0 Å². The summed E-state index contributed by atoms with van der Waals surface area (Å²) < 4.78 is 5.03. The summed E-state index contributed by atoms with van der Waals surface area (Å²) >= 11 is 0. The van der Waals surface area contributed by atoms with Crippen LogP contribution in [0.15, 0.2) is 29.3 Å². The second kappa shape index (κ2) is 13.4. The first-order chi connectivity index (χ1) is 10.7. The number of guanidine groups is 1. The molecule has 0 radical (unpaired) electrons. The maximum Gasteiger partial charge on any atom is 0.191 e. The third kappa shape index (κ3) is 9.00. The van der Waals surface area contributed by atoms with E-state index in [0.717, 1.165) is 32.1 Å². The SMILES string of the molecule is CCNC(=NCCOC)NCCN(CC)c1cccc(C)c1.I. The lowest BCUT2D eigenvalue weighted by atomic mass is 10.2. The zero-order chi connectivity index (χ0) is 16.2. The van der Waals surface area contributed by atoms with Crippen molar-refractivity contribution in [2.24, 2.45) is 4.99 Å². The first-order valence-corrected chi connectivity index (χ1v) is 8.04. The molecule has 1 aromatic rings. The molecule has 0 heterocycles. The Kier molecular flexibility index (Phi) is 12.8. The van der Waals surface area contributed by atoms with E-state index in [1.165, 1.54) is 11.3 Å². The summed E-state index contributed by atoms with van der Waals surface area (Å²) in [6.45, 7) is 11.3. The van der Waals surface area contributed by atoms with Gasteiger partial charge in [0.15, 0.2) is 5.96 Å². The number of hydrogen-bond donors (Lipinski definition) is 2. The van der Waals surface area contributed by atoms with Gasteiger partial charge >= 0.3 is 0 Å². The fraction of sp³-hybridized carbons (Fsp3) is 0.588. The first kappa shape index (κ1) is 22.0. The number of nitrogens with zero attached hydrogens (tertiary/aromatic N) is 2. The van der Waals surface area contributed by atoms with Crippen molar-refractivity contribution in [1.29, 1.82) is 0 Å². The summed E-state index contributed by atoms with van der Waals surface area (Å²) in [6.07, 6.45) is 0. The van der Waals surface area contributed by atoms with Gasteiger partial charge in [-0.15, -0.1) is 24.0 Å². The van der Waals surface area contributed by atoms with Crippen molar-refractivity contribution in [2.75, 3.05) is 51.3 Å². The molecule has 23 heavy (non-hydrogen) atoms. The molecule has 0 atom stereocenters. The molecule has 0 saturated carbocycles. The molecule has 6 heteroatoms. The average molecular weight is 434 g/mol. The number of rotatable bonds is 9. The summed E-state index contributed by atoms with van der Waals surface area (Å²) in [5.74, 6) is 0.847. The Bertz CT molecular complexity index is 454. The van der Waals surface area contributed by atoms with E-state index in [1.807, 2.05) is 0 Å². The van der Waals surface area contributed by atoms with Crippen LogP contribution in [0.2, 0.25) is 0 Å². The zero-order valence-electron chi connectivity index (χ0n) is 14.8. The number of ether oxygens (including phenoxy) is 1. The Hall–Kier alpha value is -1.02. The highest BCUT2D eigenvalue weighted by molar-refractivity contribution is 14.0. The molecular formula is C17H31IN4O. The Morgan fingerprint density at radius 2 is 2.04 bits per heavy atom. The Morgan fingerprint density at radius 3 is 2.65 bits per heavy atom. The number of aliphatic imine (C=N–C) groups is 1. The first-order valence-electron chi connectivity index (χ1n) is 8.04. The van der Waals surface area contributed by atoms with Gasteiger partial charge in [-0.2, -0.15) is 0 Å². The number of anilines is 1. The molecule has 0 aliphatic rings. The molecule has 0 bridgehead atoms. The topological polar surface area (TPSA) is 48.9 Å². The third-order valence-corrected chi connectivity index (χ3v) is 3.33. The Labute approximate surface area is 157 Å². The van der Waals surface area contributed by atoms with Gasteiger partial charge in [0.05, 0.1) is 13.2 Å². The third-order valence-electron chi connectivity index (χ3n) is 3.33. The van der Waals surface area contributed by atoms with E-state index in [9.17, 15) is 0 Å². The maximum absolute atomic E-state index is 5.03. The molecule has 0 spiro atoms. The van der Waals surface area contributed by atoms with Crippen LogP contribution in [-0.4, -0.2) is 52.4 Å². The molecule has 0 fully saturated rings. The van der Waals surface area contributed by atoms with Crippen LogP contribution in [0.5, 0.6) is 0 Å². The highest BCUT2D eigenvalue weighted by Crippen LogP contribution is 2.14. The highest BCUT2D eigenvalue weighted by atomic mass is 127. The summed E-state index contributed by atoms with van der Waals surface area (Å²) in [5, 5.41) is 6.62. The maximum atomic E-state index is 5.03. The van der Waals surface area contributed by atoms with Crippen molar-refractivity contribution >= 4 is 35.6 Å². The van der Waals surface area contributed by atoms with Crippen molar-refractivity contribution in [1.82, 2.24) is 10.6 Å². The van der Waals surface area contributed by atoms with Crippen LogP contribution >= 0.6 is 24.0 Å². The highest BCUT2D eigenvalue weighted by Gasteiger charge is 2.04. The minimum absolute atomic E-state index is 0. The molecule has 132 valence electrons. The normalized spacial score (nSPS) is 10.9. The largest absolute Gasteiger partial charge is 0.383 e. The van der Waals surface area contributed by atoms with Gasteiger partial charge in [0.25, 0.3) is 0 Å². The fourth-order valence-corrected chi connectivity index (χ4v) is 2.19. The van der Waals surface area contributed by atoms with Gasteiger partial charge in [0.2, 0.25) is 0 Å². The number of halogens is 1. The molecule has 0 unspecified atom stereocenters. The van der Waals surface area contributed by atoms with Gasteiger partial charge in [0, 0.05) is 39.0 Å². The van der Waals surface area contributed by atoms with Crippen molar-refractivity contribution in [2.45, 2.75) is 20.8 Å². The van der Waals surface area contributed by atoms with E-state index in [2.05, 4.69) is 65.6 Å². The molecule has 5 nitrogen and oxygen atoms in total. The average Bonchev–Trinajstić information content (AvgIpc) is 2.51. The lowest BCUT2D eigenvalue weighted by molar-refractivity contribution is 0.208. The monoisotopic (exact) mass is 434 g/mol. The number of hydrogen-bond acceptors (Lipinski definition) is 3. The van der Waals surface area contributed by atoms with E-state index in [-0.39, 0.29) is 24.0 Å². The zero-order valence-corrected chi connectivity index (χ0v) is 17.1. The summed E-state index contributed by atoms with van der Waals surface area (Å²) in [6, 6.07) is 8.62. The van der Waals surface area contributed by atoms with Gasteiger partial charge in [-0.05, 0) is 38.5 Å². The van der Waals surface area contributed by atoms with Crippen molar-refractivity contribution in [3.8, 4) is 0 Å². The van der Waals surface area contributed by atoms with Gasteiger partial charge < -0.3 is 20.3 Å². The van der Waals surface area contributed by atoms with Gasteiger partial charge in [-0.25, -0.2) is 0 Å². The van der Waals surface area contributed by atoms with E-state index in [4.69, 9.17) is 4.74 Å². The molecule has 1 rings (SSSR count). The van der Waals surface area contributed by atoms with Crippen LogP contribution in [0, 0.1) is 6.92 Å². The molecular weight excluding hydrogens is 403 g/mol. The van der Waals surface area contributed by atoms with Crippen LogP contribution in [0.25, 0.3) is 0 Å². The molecule has 0 aliphatic heterocycles. The second-order valence-corrected chi connectivity index (χ2v) is 5.10. The van der Waals surface area contributed by atoms with Crippen molar-refractivity contribution in [3.63, 3.8) is 0 Å². The summed E-state index contributed by atoms with van der Waals surface area (Å²) in [4.78, 5) is 6.82. The molecule has 0 aromatic heterocycles.